The highest BCUT2D eigenvalue weighted by Crippen LogP contribution is 2.35. The lowest BCUT2D eigenvalue weighted by molar-refractivity contribution is 0.171. The van der Waals surface area contributed by atoms with Gasteiger partial charge < -0.3 is 34.6 Å². The van der Waals surface area contributed by atoms with Crippen molar-refractivity contribution >= 4 is 17.5 Å². The van der Waals surface area contributed by atoms with Gasteiger partial charge in [0.15, 0.2) is 28.8 Å². The summed E-state index contributed by atoms with van der Waals surface area (Å²) < 4.78 is 22.0. The Kier molecular flexibility index (Phi) is 4.80. The molecule has 166 valence electrons. The number of H-pyrrole nitrogens is 1. The van der Waals surface area contributed by atoms with E-state index in [-0.39, 0.29) is 6.79 Å². The summed E-state index contributed by atoms with van der Waals surface area (Å²) in [5.41, 5.74) is 2.67. The Morgan fingerprint density at radius 3 is 2.64 bits per heavy atom. The molecule has 2 aliphatic rings. The third-order valence-corrected chi connectivity index (χ3v) is 5.25. The van der Waals surface area contributed by atoms with Crippen LogP contribution >= 0.6 is 0 Å². The molecule has 4 aromatic rings. The maximum absolute atomic E-state index is 5.67. The van der Waals surface area contributed by atoms with Gasteiger partial charge >= 0.3 is 0 Å². The molecule has 0 unspecified atom stereocenters. The normalized spacial score (nSPS) is 13.6. The number of fused-ring (bicyclic) bond motifs is 2. The third kappa shape index (κ3) is 3.93. The van der Waals surface area contributed by atoms with Gasteiger partial charge in [-0.1, -0.05) is 6.07 Å². The van der Waals surface area contributed by atoms with Gasteiger partial charge in [0, 0.05) is 24.5 Å². The highest BCUT2D eigenvalue weighted by molar-refractivity contribution is 5.71. The van der Waals surface area contributed by atoms with Crippen LogP contribution in [0.15, 0.2) is 54.7 Å². The zero-order chi connectivity index (χ0) is 22.0. The maximum Gasteiger partial charge on any atom is 0.231 e. The standard InChI is InChI=1S/C23H20N6O4/c1-2-16(21(24-7-1)25-12-14-3-5-17-19(10-14)31-9-8-30-17)22-27-23(29-28-22)26-15-4-6-18-20(11-15)33-13-32-18/h1-7,10-11H,8-9,12-13H2,(H,24,25)(H2,26,27,28,29). The van der Waals surface area contributed by atoms with Gasteiger partial charge in [0.25, 0.3) is 0 Å². The molecular formula is C23H20N6O4. The molecule has 0 radical (unpaired) electrons. The zero-order valence-electron chi connectivity index (χ0n) is 17.5. The van der Waals surface area contributed by atoms with Crippen molar-refractivity contribution in [1.82, 2.24) is 20.2 Å². The van der Waals surface area contributed by atoms with Gasteiger partial charge in [-0.2, -0.15) is 0 Å². The number of rotatable bonds is 6. The van der Waals surface area contributed by atoms with Crippen LogP contribution in [0.25, 0.3) is 11.4 Å². The molecule has 2 aliphatic heterocycles. The molecule has 10 nitrogen and oxygen atoms in total. The van der Waals surface area contributed by atoms with Crippen molar-refractivity contribution in [3.05, 3.63) is 60.3 Å². The number of pyridine rings is 1. The van der Waals surface area contributed by atoms with Crippen molar-refractivity contribution in [1.29, 1.82) is 0 Å². The first-order valence-corrected chi connectivity index (χ1v) is 10.5. The van der Waals surface area contributed by atoms with Crippen LogP contribution in [0.5, 0.6) is 23.0 Å². The number of aromatic amines is 1. The molecule has 0 saturated heterocycles. The van der Waals surface area contributed by atoms with Crippen LogP contribution in [0.2, 0.25) is 0 Å². The molecule has 2 aromatic carbocycles. The summed E-state index contributed by atoms with van der Waals surface area (Å²) in [5, 5.41) is 15.1. The first-order chi connectivity index (χ1) is 16.3. The fourth-order valence-corrected chi connectivity index (χ4v) is 3.67. The number of anilines is 3. The lowest BCUT2D eigenvalue weighted by atomic mass is 10.2. The van der Waals surface area contributed by atoms with E-state index in [0.29, 0.717) is 43.1 Å². The second-order valence-electron chi connectivity index (χ2n) is 7.45. The van der Waals surface area contributed by atoms with E-state index in [1.807, 2.05) is 48.5 Å². The quantitative estimate of drug-likeness (QED) is 0.409. The number of nitrogens with one attached hydrogen (secondary N) is 3. The SMILES string of the molecule is c1cnc(NCc2ccc3c(c2)OCCO3)c(-c2nnc(Nc3ccc4c(c3)OCO4)[nH]2)c1. The molecule has 10 heteroatoms. The van der Waals surface area contributed by atoms with Gasteiger partial charge in [-0.3, -0.25) is 0 Å². The van der Waals surface area contributed by atoms with Gasteiger partial charge in [0.2, 0.25) is 12.7 Å². The molecule has 6 rings (SSSR count). The predicted molar refractivity (Wildman–Crippen MR) is 120 cm³/mol. The van der Waals surface area contributed by atoms with Crippen molar-refractivity contribution < 1.29 is 18.9 Å². The molecule has 33 heavy (non-hydrogen) atoms. The summed E-state index contributed by atoms with van der Waals surface area (Å²) in [6.45, 7) is 1.93. The van der Waals surface area contributed by atoms with Gasteiger partial charge in [0.05, 0.1) is 5.56 Å². The minimum atomic E-state index is 0.230. The average Bonchev–Trinajstić information content (AvgIpc) is 3.52. The van der Waals surface area contributed by atoms with E-state index in [0.717, 1.165) is 34.1 Å². The van der Waals surface area contributed by atoms with Crippen molar-refractivity contribution in [2.24, 2.45) is 0 Å². The Labute approximate surface area is 188 Å². The van der Waals surface area contributed by atoms with E-state index in [1.165, 1.54) is 0 Å². The Hall–Kier alpha value is -4.47. The molecule has 0 amide bonds. The number of hydrogen-bond donors (Lipinski definition) is 3. The molecule has 3 N–H and O–H groups in total. The topological polar surface area (TPSA) is 115 Å². The van der Waals surface area contributed by atoms with Crippen LogP contribution in [0, 0.1) is 0 Å². The average molecular weight is 444 g/mol. The lowest BCUT2D eigenvalue weighted by Gasteiger charge is -2.19. The van der Waals surface area contributed by atoms with E-state index >= 15 is 0 Å². The van der Waals surface area contributed by atoms with Gasteiger partial charge in [0.1, 0.15) is 19.0 Å². The lowest BCUT2D eigenvalue weighted by Crippen LogP contribution is -2.15. The van der Waals surface area contributed by atoms with Crippen LogP contribution < -0.4 is 29.6 Å². The fraction of sp³-hybridized carbons (Fsp3) is 0.174. The second-order valence-corrected chi connectivity index (χ2v) is 7.45. The largest absolute Gasteiger partial charge is 0.486 e. The van der Waals surface area contributed by atoms with Crippen LogP contribution in [-0.2, 0) is 6.54 Å². The Bertz CT molecular complexity index is 1310. The molecule has 0 bridgehead atoms. The minimum absolute atomic E-state index is 0.230. The zero-order valence-corrected chi connectivity index (χ0v) is 17.5. The van der Waals surface area contributed by atoms with E-state index in [2.05, 4.69) is 30.8 Å². The van der Waals surface area contributed by atoms with Crippen LogP contribution in [-0.4, -0.2) is 40.2 Å². The minimum Gasteiger partial charge on any atom is -0.486 e. The molecule has 0 aliphatic carbocycles. The summed E-state index contributed by atoms with van der Waals surface area (Å²) in [6.07, 6.45) is 1.73. The van der Waals surface area contributed by atoms with E-state index in [4.69, 9.17) is 18.9 Å². The summed E-state index contributed by atoms with van der Waals surface area (Å²) in [6, 6.07) is 15.3. The Morgan fingerprint density at radius 1 is 0.848 bits per heavy atom. The van der Waals surface area contributed by atoms with E-state index in [1.54, 1.807) is 6.20 Å². The molecule has 2 aromatic heterocycles. The monoisotopic (exact) mass is 444 g/mol. The van der Waals surface area contributed by atoms with Gasteiger partial charge in [-0.15, -0.1) is 10.2 Å². The van der Waals surface area contributed by atoms with Crippen LogP contribution in [0.3, 0.4) is 0 Å². The molecule has 0 saturated carbocycles. The van der Waals surface area contributed by atoms with Crippen molar-refractivity contribution in [3.63, 3.8) is 0 Å². The van der Waals surface area contributed by atoms with Crippen molar-refractivity contribution in [3.8, 4) is 34.4 Å². The molecular weight excluding hydrogens is 424 g/mol. The highest BCUT2D eigenvalue weighted by Gasteiger charge is 2.16. The third-order valence-electron chi connectivity index (χ3n) is 5.25. The number of benzene rings is 2. The second kappa shape index (κ2) is 8.23. The molecule has 4 heterocycles. The summed E-state index contributed by atoms with van der Waals surface area (Å²) in [4.78, 5) is 7.69. The van der Waals surface area contributed by atoms with Gasteiger partial charge in [-0.25, -0.2) is 4.98 Å². The number of aromatic nitrogens is 4. The summed E-state index contributed by atoms with van der Waals surface area (Å²) in [7, 11) is 0. The summed E-state index contributed by atoms with van der Waals surface area (Å²) in [5.74, 6) is 4.74. The highest BCUT2D eigenvalue weighted by atomic mass is 16.7. The van der Waals surface area contributed by atoms with E-state index < -0.39 is 0 Å². The van der Waals surface area contributed by atoms with Crippen molar-refractivity contribution in [2.45, 2.75) is 6.54 Å². The van der Waals surface area contributed by atoms with Crippen LogP contribution in [0.1, 0.15) is 5.56 Å². The number of ether oxygens (including phenoxy) is 4. The first kappa shape index (κ1) is 19.2. The van der Waals surface area contributed by atoms with Gasteiger partial charge in [-0.05, 0) is 42.0 Å². The number of hydrogen-bond acceptors (Lipinski definition) is 9. The smallest absolute Gasteiger partial charge is 0.231 e. The molecule has 0 fully saturated rings. The Balaban J connectivity index is 1.18. The molecule has 0 atom stereocenters. The van der Waals surface area contributed by atoms with E-state index in [9.17, 15) is 0 Å². The van der Waals surface area contributed by atoms with Crippen LogP contribution in [0.4, 0.5) is 17.5 Å². The Morgan fingerprint density at radius 2 is 1.67 bits per heavy atom. The first-order valence-electron chi connectivity index (χ1n) is 10.5. The molecule has 0 spiro atoms. The summed E-state index contributed by atoms with van der Waals surface area (Å²) >= 11 is 0. The predicted octanol–water partition coefficient (Wildman–Crippen LogP) is 3.72. The fourth-order valence-electron chi connectivity index (χ4n) is 3.67. The van der Waals surface area contributed by atoms with Crippen molar-refractivity contribution in [2.75, 3.05) is 30.6 Å². The maximum atomic E-state index is 5.67. The number of nitrogens with zero attached hydrogens (tertiary/aromatic N) is 3.